The summed E-state index contributed by atoms with van der Waals surface area (Å²) in [4.78, 5) is 13.1. The van der Waals surface area contributed by atoms with Crippen LogP contribution < -0.4 is 0 Å². The van der Waals surface area contributed by atoms with Crippen molar-refractivity contribution in [1.29, 1.82) is 0 Å². The number of nitrogens with one attached hydrogen (secondary N) is 2. The van der Waals surface area contributed by atoms with Crippen LogP contribution >= 0.6 is 11.3 Å². The van der Waals surface area contributed by atoms with Gasteiger partial charge in [0.2, 0.25) is 0 Å². The van der Waals surface area contributed by atoms with Crippen LogP contribution in [0.5, 0.6) is 0 Å². The summed E-state index contributed by atoms with van der Waals surface area (Å²) in [6.07, 6.45) is 0. The lowest BCUT2D eigenvalue weighted by molar-refractivity contribution is 1.29. The van der Waals surface area contributed by atoms with Crippen molar-refractivity contribution in [3.8, 4) is 22.0 Å². The molecule has 4 heteroatoms. The van der Waals surface area contributed by atoms with Gasteiger partial charge >= 0.3 is 0 Å². The maximum absolute atomic E-state index is 4.90. The predicted octanol–water partition coefficient (Wildman–Crippen LogP) is 6.00. The number of H-pyrrole nitrogens is 2. The maximum Gasteiger partial charge on any atom is 0.150 e. The molecule has 0 saturated carbocycles. The Labute approximate surface area is 148 Å². The minimum Gasteiger partial charge on any atom is -0.352 e. The van der Waals surface area contributed by atoms with E-state index in [1.807, 2.05) is 30.3 Å². The Morgan fingerprint density at radius 1 is 0.680 bits per heavy atom. The Morgan fingerprint density at radius 3 is 2.28 bits per heavy atom. The largest absolute Gasteiger partial charge is 0.352 e. The topological polar surface area (TPSA) is 44.5 Å². The van der Waals surface area contributed by atoms with Gasteiger partial charge in [-0.3, -0.25) is 0 Å². The highest BCUT2D eigenvalue weighted by Crippen LogP contribution is 2.36. The van der Waals surface area contributed by atoms with Crippen LogP contribution in [-0.2, 0) is 0 Å². The SMILES string of the molecule is c1ccc(-c2[nH]c3ccccc3nc3[nH]c4ccccc4sc2-3)cc1. The minimum atomic E-state index is 0.889. The van der Waals surface area contributed by atoms with E-state index >= 15 is 0 Å². The van der Waals surface area contributed by atoms with E-state index in [0.717, 1.165) is 38.5 Å². The molecule has 0 radical (unpaired) electrons. The van der Waals surface area contributed by atoms with Gasteiger partial charge in [0.05, 0.1) is 31.8 Å². The Kier molecular flexibility index (Phi) is 3.28. The zero-order chi connectivity index (χ0) is 16.6. The number of nitrogens with zero attached hydrogens (tertiary/aromatic N) is 1. The first-order chi connectivity index (χ1) is 12.4. The first kappa shape index (κ1) is 14.3. The molecule has 0 saturated heterocycles. The van der Waals surface area contributed by atoms with Crippen molar-refractivity contribution in [2.45, 2.75) is 0 Å². The van der Waals surface area contributed by atoms with E-state index in [1.54, 1.807) is 11.3 Å². The van der Waals surface area contributed by atoms with Crippen molar-refractivity contribution >= 4 is 32.6 Å². The highest BCUT2D eigenvalue weighted by molar-refractivity contribution is 7.21. The molecule has 3 aromatic rings. The Hall–Kier alpha value is -3.11. The first-order valence-corrected chi connectivity index (χ1v) is 8.99. The molecule has 0 atom stereocenters. The van der Waals surface area contributed by atoms with Crippen molar-refractivity contribution in [1.82, 2.24) is 15.0 Å². The molecule has 0 bridgehead atoms. The van der Waals surface area contributed by atoms with Crippen molar-refractivity contribution in [3.63, 3.8) is 0 Å². The quantitative estimate of drug-likeness (QED) is 0.386. The third-order valence-corrected chi connectivity index (χ3v) is 5.43. The highest BCUT2D eigenvalue weighted by Gasteiger charge is 2.14. The van der Waals surface area contributed by atoms with Crippen LogP contribution in [0.1, 0.15) is 0 Å². The summed E-state index contributed by atoms with van der Waals surface area (Å²) in [6, 6.07) is 26.9. The zero-order valence-electron chi connectivity index (χ0n) is 13.4. The lowest BCUT2D eigenvalue weighted by Crippen LogP contribution is -1.90. The highest BCUT2D eigenvalue weighted by atomic mass is 32.1. The Balaban J connectivity index is 1.99. The summed E-state index contributed by atoms with van der Waals surface area (Å²) in [5.74, 6) is 0.889. The van der Waals surface area contributed by atoms with Crippen LogP contribution in [0.4, 0.5) is 0 Å². The molecule has 0 spiro atoms. The number of aromatic nitrogens is 3. The van der Waals surface area contributed by atoms with Crippen LogP contribution in [0, 0.1) is 0 Å². The molecule has 5 rings (SSSR count). The van der Waals surface area contributed by atoms with Crippen molar-refractivity contribution in [2.24, 2.45) is 0 Å². The maximum atomic E-state index is 4.90. The summed E-state index contributed by atoms with van der Waals surface area (Å²) < 4.78 is 1.21. The number of aromatic amines is 2. The molecule has 0 aromatic heterocycles. The molecular formula is C21H15N3S. The lowest BCUT2D eigenvalue weighted by Gasteiger charge is -2.09. The molecule has 3 nitrogen and oxygen atoms in total. The van der Waals surface area contributed by atoms with Crippen LogP contribution in [0.25, 0.3) is 43.2 Å². The molecule has 2 heterocycles. The third-order valence-electron chi connectivity index (χ3n) is 4.25. The molecule has 120 valence electrons. The summed E-state index contributed by atoms with van der Waals surface area (Å²) >= 11 is 1.75. The van der Waals surface area contributed by atoms with Gasteiger partial charge in [-0.2, -0.15) is 0 Å². The predicted molar refractivity (Wildman–Crippen MR) is 106 cm³/mol. The number of hydrogen-bond donors (Lipinski definition) is 2. The molecular weight excluding hydrogens is 326 g/mol. The van der Waals surface area contributed by atoms with E-state index in [-0.39, 0.29) is 0 Å². The normalized spacial score (nSPS) is 11.2. The van der Waals surface area contributed by atoms with E-state index < -0.39 is 0 Å². The molecule has 0 fully saturated rings. The average Bonchev–Trinajstić information content (AvgIpc) is 2.83. The smallest absolute Gasteiger partial charge is 0.150 e. The molecule has 2 N–H and O–H groups in total. The Bertz CT molecular complexity index is 1200. The Morgan fingerprint density at radius 2 is 1.40 bits per heavy atom. The van der Waals surface area contributed by atoms with Crippen LogP contribution in [0.2, 0.25) is 0 Å². The molecule has 0 amide bonds. The van der Waals surface area contributed by atoms with E-state index in [1.165, 1.54) is 4.70 Å². The number of rotatable bonds is 1. The second-order valence-electron chi connectivity index (χ2n) is 5.90. The number of fused-ring (bicyclic) bond motifs is 3. The summed E-state index contributed by atoms with van der Waals surface area (Å²) in [5, 5.41) is 0. The lowest BCUT2D eigenvalue weighted by atomic mass is 10.1. The van der Waals surface area contributed by atoms with Crippen LogP contribution in [-0.4, -0.2) is 15.0 Å². The van der Waals surface area contributed by atoms with Gasteiger partial charge in [0.15, 0.2) is 5.82 Å². The van der Waals surface area contributed by atoms with Crippen LogP contribution in [0.15, 0.2) is 78.9 Å². The van der Waals surface area contributed by atoms with E-state index in [4.69, 9.17) is 4.98 Å². The average molecular weight is 341 g/mol. The van der Waals surface area contributed by atoms with Gasteiger partial charge in [0, 0.05) is 0 Å². The first-order valence-electron chi connectivity index (χ1n) is 8.17. The zero-order valence-corrected chi connectivity index (χ0v) is 14.2. The van der Waals surface area contributed by atoms with Gasteiger partial charge in [-0.05, 0) is 29.8 Å². The standard InChI is InChI=1S/C21H15N3S/c1-2-8-14(9-3-1)19-20-21(23-16-11-5-4-10-15(16)22-19)24-17-12-6-7-13-18(17)25-20/h1-13,22H,(H,23,24). The van der Waals surface area contributed by atoms with E-state index in [9.17, 15) is 0 Å². The summed E-state index contributed by atoms with van der Waals surface area (Å²) in [5.41, 5.74) is 5.28. The van der Waals surface area contributed by atoms with Crippen molar-refractivity contribution in [2.75, 3.05) is 0 Å². The molecule has 25 heavy (non-hydrogen) atoms. The molecule has 3 aromatic carbocycles. The van der Waals surface area contributed by atoms with Gasteiger partial charge in [0.25, 0.3) is 0 Å². The fourth-order valence-corrected chi connectivity index (χ4v) is 4.11. The van der Waals surface area contributed by atoms with E-state index in [0.29, 0.717) is 0 Å². The fourth-order valence-electron chi connectivity index (χ4n) is 3.05. The monoisotopic (exact) mass is 341 g/mol. The van der Waals surface area contributed by atoms with Gasteiger partial charge < -0.3 is 9.97 Å². The van der Waals surface area contributed by atoms with Gasteiger partial charge in [-0.15, -0.1) is 11.3 Å². The fraction of sp³-hybridized carbons (Fsp3) is 0. The van der Waals surface area contributed by atoms with Gasteiger partial charge in [0.1, 0.15) is 0 Å². The van der Waals surface area contributed by atoms with Crippen LogP contribution in [0.3, 0.4) is 0 Å². The molecule has 0 aliphatic carbocycles. The van der Waals surface area contributed by atoms with Crippen molar-refractivity contribution in [3.05, 3.63) is 78.9 Å². The summed E-state index contributed by atoms with van der Waals surface area (Å²) in [7, 11) is 0. The molecule has 2 aliphatic rings. The number of para-hydroxylation sites is 3. The number of benzene rings is 3. The van der Waals surface area contributed by atoms with Gasteiger partial charge in [-0.25, -0.2) is 4.98 Å². The second-order valence-corrected chi connectivity index (χ2v) is 6.95. The van der Waals surface area contributed by atoms with Crippen molar-refractivity contribution < 1.29 is 0 Å². The summed E-state index contributed by atoms with van der Waals surface area (Å²) in [6.45, 7) is 0. The molecule has 0 unspecified atom stereocenters. The van der Waals surface area contributed by atoms with E-state index in [2.05, 4.69) is 58.5 Å². The van der Waals surface area contributed by atoms with Gasteiger partial charge in [-0.1, -0.05) is 54.6 Å². The second kappa shape index (κ2) is 5.76. The molecule has 2 aliphatic heterocycles. The third kappa shape index (κ3) is 2.47. The number of hydrogen-bond acceptors (Lipinski definition) is 2. The minimum absolute atomic E-state index is 0.889.